The summed E-state index contributed by atoms with van der Waals surface area (Å²) in [4.78, 5) is 4.45. The molecule has 1 heterocycles. The number of aromatic nitrogens is 1. The number of hydrogen-bond donors (Lipinski definition) is 1. The molecule has 0 aliphatic carbocycles. The van der Waals surface area contributed by atoms with Gasteiger partial charge in [0.1, 0.15) is 0 Å². The molecule has 2 aromatic rings. The third-order valence-electron chi connectivity index (χ3n) is 3.31. The van der Waals surface area contributed by atoms with Crippen LogP contribution >= 0.6 is 23.2 Å². The predicted molar refractivity (Wildman–Crippen MR) is 90.3 cm³/mol. The van der Waals surface area contributed by atoms with Gasteiger partial charge in [0, 0.05) is 11.4 Å². The first kappa shape index (κ1) is 16.3. The molecule has 0 radical (unpaired) electrons. The van der Waals surface area contributed by atoms with Crippen molar-refractivity contribution in [3.8, 4) is 0 Å². The average molecular weight is 323 g/mol. The third kappa shape index (κ3) is 4.19. The molecule has 0 spiro atoms. The van der Waals surface area contributed by atoms with Gasteiger partial charge in [0.2, 0.25) is 0 Å². The molecule has 2 rings (SSSR count). The molecule has 0 saturated heterocycles. The van der Waals surface area contributed by atoms with Gasteiger partial charge >= 0.3 is 0 Å². The zero-order chi connectivity index (χ0) is 15.4. The Morgan fingerprint density at radius 2 is 1.67 bits per heavy atom. The molecule has 0 aliphatic rings. The first-order valence-corrected chi connectivity index (χ1v) is 7.90. The van der Waals surface area contributed by atoms with E-state index in [9.17, 15) is 0 Å². The second kappa shape index (κ2) is 7.26. The molecule has 0 aliphatic heterocycles. The molecule has 1 aromatic heterocycles. The molecule has 0 fully saturated rings. The van der Waals surface area contributed by atoms with Gasteiger partial charge in [-0.25, -0.2) is 0 Å². The highest BCUT2D eigenvalue weighted by Gasteiger charge is 2.15. The van der Waals surface area contributed by atoms with Crippen molar-refractivity contribution < 1.29 is 0 Å². The smallest absolute Gasteiger partial charge is 0.0595 e. The highest BCUT2D eigenvalue weighted by atomic mass is 35.5. The van der Waals surface area contributed by atoms with Crippen molar-refractivity contribution in [3.05, 3.63) is 62.9 Å². The van der Waals surface area contributed by atoms with Gasteiger partial charge in [-0.15, -0.1) is 0 Å². The Morgan fingerprint density at radius 3 is 2.24 bits per heavy atom. The molecule has 1 N–H and O–H groups in total. The summed E-state index contributed by atoms with van der Waals surface area (Å²) >= 11 is 12.2. The van der Waals surface area contributed by atoms with Gasteiger partial charge in [-0.2, -0.15) is 0 Å². The zero-order valence-corrected chi connectivity index (χ0v) is 14.1. The number of benzene rings is 1. The summed E-state index contributed by atoms with van der Waals surface area (Å²) in [6, 6.07) is 10.1. The molecule has 0 bridgehead atoms. The SMILES string of the molecule is CCCNC(c1cc(C)nc(C)c1)c1ccc(Cl)c(Cl)c1. The maximum atomic E-state index is 6.17. The fraction of sp³-hybridized carbons (Fsp3) is 0.353. The normalized spacial score (nSPS) is 12.4. The van der Waals surface area contributed by atoms with Crippen LogP contribution in [0.4, 0.5) is 0 Å². The van der Waals surface area contributed by atoms with Crippen LogP contribution in [0.1, 0.15) is 41.9 Å². The molecule has 112 valence electrons. The lowest BCUT2D eigenvalue weighted by Gasteiger charge is -2.21. The third-order valence-corrected chi connectivity index (χ3v) is 4.05. The van der Waals surface area contributed by atoms with Gasteiger partial charge in [-0.3, -0.25) is 4.98 Å². The quantitative estimate of drug-likeness (QED) is 0.828. The van der Waals surface area contributed by atoms with Crippen LogP contribution in [-0.2, 0) is 0 Å². The average Bonchev–Trinajstić information content (AvgIpc) is 2.42. The van der Waals surface area contributed by atoms with Gasteiger partial charge in [-0.1, -0.05) is 36.2 Å². The van der Waals surface area contributed by atoms with Crippen LogP contribution in [0.25, 0.3) is 0 Å². The lowest BCUT2D eigenvalue weighted by atomic mass is 9.98. The summed E-state index contributed by atoms with van der Waals surface area (Å²) in [6.07, 6.45) is 1.07. The van der Waals surface area contributed by atoms with Gasteiger partial charge in [0.15, 0.2) is 0 Å². The molecule has 1 atom stereocenters. The molecule has 1 aromatic carbocycles. The molecule has 21 heavy (non-hydrogen) atoms. The summed E-state index contributed by atoms with van der Waals surface area (Å²) in [5, 5.41) is 4.74. The zero-order valence-electron chi connectivity index (χ0n) is 12.6. The summed E-state index contributed by atoms with van der Waals surface area (Å²) in [5.41, 5.74) is 4.36. The lowest BCUT2D eigenvalue weighted by Crippen LogP contribution is -2.23. The van der Waals surface area contributed by atoms with Crippen molar-refractivity contribution in [3.63, 3.8) is 0 Å². The van der Waals surface area contributed by atoms with Crippen LogP contribution in [0.15, 0.2) is 30.3 Å². The van der Waals surface area contributed by atoms with Crippen LogP contribution < -0.4 is 5.32 Å². The number of nitrogens with one attached hydrogen (secondary N) is 1. The Bertz CT molecular complexity index is 606. The van der Waals surface area contributed by atoms with Crippen LogP contribution in [-0.4, -0.2) is 11.5 Å². The summed E-state index contributed by atoms with van der Waals surface area (Å²) in [7, 11) is 0. The number of pyridine rings is 1. The van der Waals surface area contributed by atoms with E-state index in [0.29, 0.717) is 10.0 Å². The largest absolute Gasteiger partial charge is 0.306 e. The molecular weight excluding hydrogens is 303 g/mol. The number of rotatable bonds is 5. The van der Waals surface area contributed by atoms with Crippen molar-refractivity contribution in [1.82, 2.24) is 10.3 Å². The Labute approximate surface area is 136 Å². The highest BCUT2D eigenvalue weighted by molar-refractivity contribution is 6.42. The second-order valence-corrected chi connectivity index (χ2v) is 6.06. The summed E-state index contributed by atoms with van der Waals surface area (Å²) in [6.45, 7) is 7.12. The van der Waals surface area contributed by atoms with E-state index in [4.69, 9.17) is 23.2 Å². The standard InChI is InChI=1S/C17H20Cl2N2/c1-4-7-20-17(13-5-6-15(18)16(19)10-13)14-8-11(2)21-12(3)9-14/h5-6,8-10,17,20H,4,7H2,1-3H3. The molecule has 2 nitrogen and oxygen atoms in total. The Balaban J connectivity index is 2.43. The van der Waals surface area contributed by atoms with E-state index < -0.39 is 0 Å². The van der Waals surface area contributed by atoms with E-state index in [0.717, 1.165) is 29.9 Å². The minimum atomic E-state index is 0.0973. The maximum absolute atomic E-state index is 6.17. The topological polar surface area (TPSA) is 24.9 Å². The van der Waals surface area contributed by atoms with E-state index in [1.54, 1.807) is 0 Å². The van der Waals surface area contributed by atoms with Crippen LogP contribution in [0.3, 0.4) is 0 Å². The minimum Gasteiger partial charge on any atom is -0.306 e. The monoisotopic (exact) mass is 322 g/mol. The fourth-order valence-electron chi connectivity index (χ4n) is 2.44. The Kier molecular flexibility index (Phi) is 5.63. The number of aryl methyl sites for hydroxylation is 2. The maximum Gasteiger partial charge on any atom is 0.0595 e. The molecule has 0 amide bonds. The highest BCUT2D eigenvalue weighted by Crippen LogP contribution is 2.29. The van der Waals surface area contributed by atoms with E-state index in [-0.39, 0.29) is 6.04 Å². The number of halogens is 2. The van der Waals surface area contributed by atoms with Gasteiger partial charge in [0.05, 0.1) is 16.1 Å². The van der Waals surface area contributed by atoms with E-state index in [1.807, 2.05) is 32.0 Å². The first-order chi connectivity index (χ1) is 10.0. The summed E-state index contributed by atoms with van der Waals surface area (Å²) in [5.74, 6) is 0. The molecule has 0 saturated carbocycles. The van der Waals surface area contributed by atoms with E-state index in [2.05, 4.69) is 29.4 Å². The van der Waals surface area contributed by atoms with Crippen molar-refractivity contribution in [2.75, 3.05) is 6.54 Å². The predicted octanol–water partition coefficient (Wildman–Crippen LogP) is 5.09. The van der Waals surface area contributed by atoms with Crippen molar-refractivity contribution >= 4 is 23.2 Å². The van der Waals surface area contributed by atoms with Gasteiger partial charge < -0.3 is 5.32 Å². The fourth-order valence-corrected chi connectivity index (χ4v) is 2.75. The molecule has 1 unspecified atom stereocenters. The minimum absolute atomic E-state index is 0.0973. The molecule has 4 heteroatoms. The lowest BCUT2D eigenvalue weighted by molar-refractivity contribution is 0.597. The van der Waals surface area contributed by atoms with Gasteiger partial charge in [0.25, 0.3) is 0 Å². The number of nitrogens with zero attached hydrogens (tertiary/aromatic N) is 1. The van der Waals surface area contributed by atoms with Crippen molar-refractivity contribution in [2.45, 2.75) is 33.2 Å². The Morgan fingerprint density at radius 1 is 1.00 bits per heavy atom. The second-order valence-electron chi connectivity index (χ2n) is 5.24. The van der Waals surface area contributed by atoms with Gasteiger partial charge in [-0.05, 0) is 62.2 Å². The van der Waals surface area contributed by atoms with Crippen molar-refractivity contribution in [2.24, 2.45) is 0 Å². The van der Waals surface area contributed by atoms with E-state index in [1.165, 1.54) is 5.56 Å². The summed E-state index contributed by atoms with van der Waals surface area (Å²) < 4.78 is 0. The first-order valence-electron chi connectivity index (χ1n) is 7.14. The van der Waals surface area contributed by atoms with Crippen LogP contribution in [0.2, 0.25) is 10.0 Å². The van der Waals surface area contributed by atoms with Crippen LogP contribution in [0, 0.1) is 13.8 Å². The van der Waals surface area contributed by atoms with Crippen molar-refractivity contribution in [1.29, 1.82) is 0 Å². The Hall–Kier alpha value is -1.09. The molecular formula is C17H20Cl2N2. The van der Waals surface area contributed by atoms with E-state index >= 15 is 0 Å². The number of hydrogen-bond acceptors (Lipinski definition) is 2. The van der Waals surface area contributed by atoms with Crippen LogP contribution in [0.5, 0.6) is 0 Å².